The summed E-state index contributed by atoms with van der Waals surface area (Å²) in [6, 6.07) is -0.755. The Morgan fingerprint density at radius 2 is 2.27 bits per heavy atom. The van der Waals surface area contributed by atoms with Crippen LogP contribution in [-0.4, -0.2) is 23.0 Å². The molecule has 0 fully saturated rings. The third-order valence-corrected chi connectivity index (χ3v) is 1.40. The Kier molecular flexibility index (Phi) is 5.88. The molecular weight excluding hydrogens is 166 g/mol. The lowest BCUT2D eigenvalue weighted by molar-refractivity contribution is -0.138. The summed E-state index contributed by atoms with van der Waals surface area (Å²) in [5.74, 6) is -0.494. The average Bonchev–Trinajstić information content (AvgIpc) is 1.97. The number of hydrogen-bond donors (Lipinski definition) is 2. The van der Waals surface area contributed by atoms with Gasteiger partial charge in [-0.15, -0.1) is 11.6 Å². The van der Waals surface area contributed by atoms with Crippen molar-refractivity contribution in [1.29, 1.82) is 0 Å². The molecule has 0 radical (unpaired) electrons. The van der Waals surface area contributed by atoms with Crippen LogP contribution in [0.4, 0.5) is 0 Å². The maximum Gasteiger partial charge on any atom is 0.320 e. The Bertz CT molecular complexity index is 147. The fraction of sp³-hybridized carbons (Fsp3) is 0.571. The van der Waals surface area contributed by atoms with Crippen LogP contribution in [0.3, 0.4) is 0 Å². The maximum absolute atomic E-state index is 10.2. The molecule has 0 saturated carbocycles. The Balaban J connectivity index is 3.38. The van der Waals surface area contributed by atoms with Gasteiger partial charge in [0, 0.05) is 5.88 Å². The first kappa shape index (κ1) is 10.5. The van der Waals surface area contributed by atoms with E-state index >= 15 is 0 Å². The van der Waals surface area contributed by atoms with Crippen molar-refractivity contribution >= 4 is 17.6 Å². The third-order valence-electron chi connectivity index (χ3n) is 1.22. The van der Waals surface area contributed by atoms with Gasteiger partial charge in [0.2, 0.25) is 0 Å². The summed E-state index contributed by atoms with van der Waals surface area (Å²) < 4.78 is 0. The standard InChI is InChI=1S/C7H12ClNO2/c8-5-3-1-2-4-6(9)7(10)11/h1,3,6H,2,4-5,9H2,(H,10,11)/b3-1+/t6-/m0/s1. The first-order valence-corrected chi connectivity index (χ1v) is 3.91. The highest BCUT2D eigenvalue weighted by Gasteiger charge is 2.08. The van der Waals surface area contributed by atoms with Gasteiger partial charge in [-0.3, -0.25) is 4.79 Å². The topological polar surface area (TPSA) is 63.3 Å². The zero-order valence-electron chi connectivity index (χ0n) is 6.16. The van der Waals surface area contributed by atoms with Gasteiger partial charge in [0.1, 0.15) is 6.04 Å². The molecular formula is C7H12ClNO2. The molecule has 0 spiro atoms. The summed E-state index contributed by atoms with van der Waals surface area (Å²) in [6.07, 6.45) is 4.73. The quantitative estimate of drug-likeness (QED) is 0.486. The van der Waals surface area contributed by atoms with Crippen molar-refractivity contribution in [2.24, 2.45) is 5.73 Å². The first-order valence-electron chi connectivity index (χ1n) is 3.38. The smallest absolute Gasteiger partial charge is 0.320 e. The highest BCUT2D eigenvalue weighted by atomic mass is 35.5. The molecule has 0 heterocycles. The van der Waals surface area contributed by atoms with Crippen molar-refractivity contribution in [3.05, 3.63) is 12.2 Å². The molecule has 0 saturated heterocycles. The number of carbonyl (C=O) groups is 1. The molecule has 0 aromatic carbocycles. The van der Waals surface area contributed by atoms with Crippen LogP contribution in [0.25, 0.3) is 0 Å². The van der Waals surface area contributed by atoms with E-state index < -0.39 is 12.0 Å². The fourth-order valence-electron chi connectivity index (χ4n) is 0.580. The summed E-state index contributed by atoms with van der Waals surface area (Å²) in [5.41, 5.74) is 5.23. The van der Waals surface area contributed by atoms with Crippen LogP contribution in [0.5, 0.6) is 0 Å². The number of rotatable bonds is 5. The van der Waals surface area contributed by atoms with Crippen molar-refractivity contribution in [3.63, 3.8) is 0 Å². The molecule has 0 bridgehead atoms. The first-order chi connectivity index (χ1) is 5.18. The van der Waals surface area contributed by atoms with Crippen molar-refractivity contribution in [2.75, 3.05) is 5.88 Å². The summed E-state index contributed by atoms with van der Waals surface area (Å²) in [4.78, 5) is 10.2. The second-order valence-electron chi connectivity index (χ2n) is 2.15. The maximum atomic E-state index is 10.2. The lowest BCUT2D eigenvalue weighted by Gasteiger charge is -2.01. The largest absolute Gasteiger partial charge is 0.480 e. The van der Waals surface area contributed by atoms with E-state index in [0.29, 0.717) is 18.7 Å². The summed E-state index contributed by atoms with van der Waals surface area (Å²) in [6.45, 7) is 0. The molecule has 0 unspecified atom stereocenters. The van der Waals surface area contributed by atoms with E-state index in [1.54, 1.807) is 6.08 Å². The van der Waals surface area contributed by atoms with Gasteiger partial charge in [-0.1, -0.05) is 12.2 Å². The van der Waals surface area contributed by atoms with E-state index in [0.717, 1.165) is 0 Å². The van der Waals surface area contributed by atoms with Crippen molar-refractivity contribution in [1.82, 2.24) is 0 Å². The summed E-state index contributed by atoms with van der Waals surface area (Å²) in [5, 5.41) is 8.36. The van der Waals surface area contributed by atoms with Crippen LogP contribution in [0, 0.1) is 0 Å². The zero-order valence-corrected chi connectivity index (χ0v) is 6.92. The zero-order chi connectivity index (χ0) is 8.69. The van der Waals surface area contributed by atoms with Gasteiger partial charge >= 0.3 is 5.97 Å². The Morgan fingerprint density at radius 3 is 2.73 bits per heavy atom. The molecule has 64 valence electrons. The highest BCUT2D eigenvalue weighted by Crippen LogP contribution is 1.96. The van der Waals surface area contributed by atoms with Gasteiger partial charge in [0.25, 0.3) is 0 Å². The van der Waals surface area contributed by atoms with E-state index in [1.807, 2.05) is 6.08 Å². The normalized spacial score (nSPS) is 13.6. The van der Waals surface area contributed by atoms with Gasteiger partial charge in [-0.05, 0) is 12.8 Å². The van der Waals surface area contributed by atoms with Crippen LogP contribution in [0.15, 0.2) is 12.2 Å². The number of nitrogens with two attached hydrogens (primary N) is 1. The van der Waals surface area contributed by atoms with E-state index in [2.05, 4.69) is 0 Å². The van der Waals surface area contributed by atoms with Crippen LogP contribution in [-0.2, 0) is 4.79 Å². The van der Waals surface area contributed by atoms with E-state index in [-0.39, 0.29) is 0 Å². The average molecular weight is 178 g/mol. The minimum Gasteiger partial charge on any atom is -0.480 e. The second kappa shape index (κ2) is 6.19. The molecule has 0 rings (SSSR count). The minimum atomic E-state index is -0.954. The predicted molar refractivity (Wildman–Crippen MR) is 44.7 cm³/mol. The minimum absolute atomic E-state index is 0.461. The van der Waals surface area contributed by atoms with Crippen LogP contribution in [0.1, 0.15) is 12.8 Å². The van der Waals surface area contributed by atoms with Crippen molar-refractivity contribution in [2.45, 2.75) is 18.9 Å². The van der Waals surface area contributed by atoms with Gasteiger partial charge < -0.3 is 10.8 Å². The second-order valence-corrected chi connectivity index (χ2v) is 2.46. The molecule has 0 aliphatic carbocycles. The van der Waals surface area contributed by atoms with Crippen molar-refractivity contribution < 1.29 is 9.90 Å². The van der Waals surface area contributed by atoms with Gasteiger partial charge in [-0.25, -0.2) is 0 Å². The Morgan fingerprint density at radius 1 is 1.64 bits per heavy atom. The molecule has 0 amide bonds. The fourth-order valence-corrected chi connectivity index (χ4v) is 0.706. The van der Waals surface area contributed by atoms with Gasteiger partial charge in [0.05, 0.1) is 0 Å². The number of allylic oxidation sites excluding steroid dienone is 2. The number of carboxylic acids is 1. The lowest BCUT2D eigenvalue weighted by Crippen LogP contribution is -2.29. The third kappa shape index (κ3) is 5.88. The number of alkyl halides is 1. The SMILES string of the molecule is N[C@@H](CC/C=C/CCl)C(=O)O. The van der Waals surface area contributed by atoms with E-state index in [1.165, 1.54) is 0 Å². The molecule has 4 heteroatoms. The molecule has 3 N–H and O–H groups in total. The lowest BCUT2D eigenvalue weighted by atomic mass is 10.1. The number of carboxylic acid groups (broad SMARTS) is 1. The van der Waals surface area contributed by atoms with Crippen LogP contribution in [0.2, 0.25) is 0 Å². The number of aliphatic carboxylic acids is 1. The monoisotopic (exact) mass is 177 g/mol. The summed E-state index contributed by atoms with van der Waals surface area (Å²) >= 11 is 5.35. The molecule has 0 aromatic heterocycles. The molecule has 3 nitrogen and oxygen atoms in total. The molecule has 11 heavy (non-hydrogen) atoms. The predicted octanol–water partition coefficient (Wildman–Crippen LogP) is 0.974. The number of hydrogen-bond acceptors (Lipinski definition) is 2. The molecule has 1 atom stereocenters. The summed E-state index contributed by atoms with van der Waals surface area (Å²) in [7, 11) is 0. The molecule has 0 aliphatic rings. The highest BCUT2D eigenvalue weighted by molar-refractivity contribution is 6.18. The Hall–Kier alpha value is -0.540. The number of halogens is 1. The molecule has 0 aliphatic heterocycles. The van der Waals surface area contributed by atoms with Gasteiger partial charge in [-0.2, -0.15) is 0 Å². The van der Waals surface area contributed by atoms with E-state index in [9.17, 15) is 4.79 Å². The Labute approximate surface area is 70.8 Å². The molecule has 0 aromatic rings. The van der Waals surface area contributed by atoms with Gasteiger partial charge in [0.15, 0.2) is 0 Å². The van der Waals surface area contributed by atoms with Crippen LogP contribution < -0.4 is 5.73 Å². The van der Waals surface area contributed by atoms with Crippen LogP contribution >= 0.6 is 11.6 Å². The van der Waals surface area contributed by atoms with E-state index in [4.69, 9.17) is 22.4 Å². The van der Waals surface area contributed by atoms with Crippen molar-refractivity contribution in [3.8, 4) is 0 Å².